The molecule has 162 valence electrons. The van der Waals surface area contributed by atoms with Gasteiger partial charge >= 0.3 is 6.18 Å². The lowest BCUT2D eigenvalue weighted by Crippen LogP contribution is -2.38. The summed E-state index contributed by atoms with van der Waals surface area (Å²) in [5.74, 6) is -0.692. The summed E-state index contributed by atoms with van der Waals surface area (Å²) in [4.78, 5) is 12.5. The van der Waals surface area contributed by atoms with E-state index in [9.17, 15) is 26.4 Å². The fraction of sp³-hybridized carbons (Fsp3) is 0.136. The molecule has 0 heterocycles. The molecule has 5 nitrogen and oxygen atoms in total. The molecule has 0 saturated heterocycles. The number of benzene rings is 3. The molecule has 3 aromatic rings. The van der Waals surface area contributed by atoms with E-state index >= 15 is 0 Å². The molecule has 0 saturated carbocycles. The molecule has 0 spiro atoms. The number of aryl methyl sites for hydroxylation is 1. The highest BCUT2D eigenvalue weighted by atomic mass is 32.2. The minimum atomic E-state index is -4.66. The largest absolute Gasteiger partial charge is 0.416 e. The second-order valence-electron chi connectivity index (χ2n) is 6.79. The van der Waals surface area contributed by atoms with E-state index in [0.717, 1.165) is 17.7 Å². The Morgan fingerprint density at radius 3 is 2.26 bits per heavy atom. The molecule has 1 N–H and O–H groups in total. The van der Waals surface area contributed by atoms with Crippen molar-refractivity contribution in [1.82, 2.24) is 0 Å². The average Bonchev–Trinajstić information content (AvgIpc) is 2.72. The van der Waals surface area contributed by atoms with Gasteiger partial charge in [0, 0.05) is 5.69 Å². The third kappa shape index (κ3) is 5.43. The summed E-state index contributed by atoms with van der Waals surface area (Å²) in [5, 5.41) is 2.58. The van der Waals surface area contributed by atoms with E-state index < -0.39 is 34.2 Å². The van der Waals surface area contributed by atoms with Crippen molar-refractivity contribution in [1.29, 1.82) is 0 Å². The van der Waals surface area contributed by atoms with E-state index in [4.69, 9.17) is 0 Å². The number of anilines is 2. The Balaban J connectivity index is 2.00. The van der Waals surface area contributed by atoms with Crippen LogP contribution in [-0.4, -0.2) is 20.9 Å². The summed E-state index contributed by atoms with van der Waals surface area (Å²) in [7, 11) is -4.31. The fourth-order valence-electron chi connectivity index (χ4n) is 2.93. The van der Waals surface area contributed by atoms with Crippen LogP contribution in [0, 0.1) is 6.92 Å². The third-order valence-electron chi connectivity index (χ3n) is 4.38. The van der Waals surface area contributed by atoms with Crippen LogP contribution in [0.1, 0.15) is 11.1 Å². The number of sulfonamides is 1. The van der Waals surface area contributed by atoms with Gasteiger partial charge in [-0.2, -0.15) is 13.2 Å². The average molecular weight is 448 g/mol. The minimum absolute atomic E-state index is 0.143. The van der Waals surface area contributed by atoms with Crippen LogP contribution in [0.5, 0.6) is 0 Å². The number of hydrogen-bond donors (Lipinski definition) is 1. The van der Waals surface area contributed by atoms with Crippen molar-refractivity contribution < 1.29 is 26.4 Å². The highest BCUT2D eigenvalue weighted by molar-refractivity contribution is 7.92. The zero-order valence-corrected chi connectivity index (χ0v) is 17.2. The van der Waals surface area contributed by atoms with Gasteiger partial charge in [-0.15, -0.1) is 0 Å². The Morgan fingerprint density at radius 2 is 1.61 bits per heavy atom. The van der Waals surface area contributed by atoms with Crippen LogP contribution in [0.2, 0.25) is 0 Å². The van der Waals surface area contributed by atoms with E-state index in [2.05, 4.69) is 5.32 Å². The number of rotatable bonds is 6. The quantitative estimate of drug-likeness (QED) is 0.586. The van der Waals surface area contributed by atoms with Gasteiger partial charge in [0.2, 0.25) is 5.91 Å². The molecule has 0 aliphatic heterocycles. The molecule has 0 aliphatic rings. The summed E-state index contributed by atoms with van der Waals surface area (Å²) < 4.78 is 66.6. The van der Waals surface area contributed by atoms with E-state index in [1.54, 1.807) is 24.3 Å². The van der Waals surface area contributed by atoms with E-state index in [-0.39, 0.29) is 10.6 Å². The number of carbonyl (C=O) groups excluding carboxylic acids is 1. The molecule has 3 rings (SSSR count). The first-order chi connectivity index (χ1) is 14.6. The van der Waals surface area contributed by atoms with Crippen LogP contribution in [0.3, 0.4) is 0 Å². The van der Waals surface area contributed by atoms with Gasteiger partial charge in [-0.25, -0.2) is 8.42 Å². The van der Waals surface area contributed by atoms with E-state index in [1.165, 1.54) is 30.3 Å². The number of amides is 1. The molecular formula is C22H19F3N2O3S. The number of carbonyl (C=O) groups is 1. The van der Waals surface area contributed by atoms with Crippen molar-refractivity contribution in [3.05, 3.63) is 90.0 Å². The van der Waals surface area contributed by atoms with Crippen molar-refractivity contribution in [3.63, 3.8) is 0 Å². The second kappa shape index (κ2) is 8.81. The molecule has 0 bridgehead atoms. The van der Waals surface area contributed by atoms with Gasteiger partial charge in [0.05, 0.1) is 16.1 Å². The Morgan fingerprint density at radius 1 is 0.935 bits per heavy atom. The molecular weight excluding hydrogens is 429 g/mol. The molecule has 0 aromatic heterocycles. The summed E-state index contributed by atoms with van der Waals surface area (Å²) in [6.07, 6.45) is -4.66. The normalized spacial score (nSPS) is 11.7. The smallest absolute Gasteiger partial charge is 0.325 e. The van der Waals surface area contributed by atoms with E-state index in [0.29, 0.717) is 16.1 Å². The first kappa shape index (κ1) is 22.4. The molecule has 3 aromatic carbocycles. The zero-order valence-electron chi connectivity index (χ0n) is 16.4. The van der Waals surface area contributed by atoms with Crippen LogP contribution >= 0.6 is 0 Å². The van der Waals surface area contributed by atoms with Crippen molar-refractivity contribution in [2.24, 2.45) is 0 Å². The molecule has 0 radical (unpaired) electrons. The third-order valence-corrected chi connectivity index (χ3v) is 6.17. The number of hydrogen-bond acceptors (Lipinski definition) is 3. The predicted molar refractivity (Wildman–Crippen MR) is 112 cm³/mol. The van der Waals surface area contributed by atoms with Gasteiger partial charge in [0.15, 0.2) is 0 Å². The first-order valence-electron chi connectivity index (χ1n) is 9.19. The van der Waals surface area contributed by atoms with Gasteiger partial charge < -0.3 is 5.32 Å². The summed E-state index contributed by atoms with van der Waals surface area (Å²) >= 11 is 0. The highest BCUT2D eigenvalue weighted by Gasteiger charge is 2.33. The first-order valence-corrected chi connectivity index (χ1v) is 10.6. The fourth-order valence-corrected chi connectivity index (χ4v) is 4.36. The number of halogens is 3. The predicted octanol–water partition coefficient (Wildman–Crippen LogP) is 4.85. The van der Waals surface area contributed by atoms with Crippen molar-refractivity contribution in [3.8, 4) is 0 Å². The summed E-state index contributed by atoms with van der Waals surface area (Å²) in [5.41, 5.74) is 0.0472. The molecule has 0 atom stereocenters. The lowest BCUT2D eigenvalue weighted by Gasteiger charge is -2.25. The maximum absolute atomic E-state index is 13.2. The lowest BCUT2D eigenvalue weighted by atomic mass is 10.2. The van der Waals surface area contributed by atoms with Crippen LogP contribution in [0.15, 0.2) is 83.8 Å². The number of alkyl halides is 3. The molecule has 9 heteroatoms. The van der Waals surface area contributed by atoms with Crippen LogP contribution in [0.25, 0.3) is 0 Å². The topological polar surface area (TPSA) is 66.5 Å². The van der Waals surface area contributed by atoms with Gasteiger partial charge in [0.25, 0.3) is 10.0 Å². The van der Waals surface area contributed by atoms with Gasteiger partial charge in [-0.1, -0.05) is 36.4 Å². The van der Waals surface area contributed by atoms with Crippen molar-refractivity contribution >= 4 is 27.3 Å². The van der Waals surface area contributed by atoms with Crippen LogP contribution in [-0.2, 0) is 21.0 Å². The number of nitrogens with zero attached hydrogens (tertiary/aromatic N) is 1. The molecule has 0 unspecified atom stereocenters. The number of nitrogens with one attached hydrogen (secondary N) is 1. The highest BCUT2D eigenvalue weighted by Crippen LogP contribution is 2.33. The zero-order chi connectivity index (χ0) is 22.6. The van der Waals surface area contributed by atoms with Gasteiger partial charge in [-0.05, 0) is 55.0 Å². The Kier molecular flexibility index (Phi) is 6.35. The van der Waals surface area contributed by atoms with Crippen LogP contribution in [0.4, 0.5) is 24.5 Å². The van der Waals surface area contributed by atoms with Crippen molar-refractivity contribution in [2.45, 2.75) is 18.0 Å². The van der Waals surface area contributed by atoms with E-state index in [1.807, 2.05) is 13.0 Å². The maximum Gasteiger partial charge on any atom is 0.416 e. The Hall–Kier alpha value is -3.33. The lowest BCUT2D eigenvalue weighted by molar-refractivity contribution is -0.137. The Labute approximate surface area is 178 Å². The monoisotopic (exact) mass is 448 g/mol. The minimum Gasteiger partial charge on any atom is -0.325 e. The van der Waals surface area contributed by atoms with Crippen LogP contribution < -0.4 is 9.62 Å². The summed E-state index contributed by atoms with van der Waals surface area (Å²) in [6, 6.07) is 17.9. The second-order valence-corrected chi connectivity index (χ2v) is 8.65. The standard InChI is InChI=1S/C22H19F3N2O3S/c1-16-7-5-9-18(13-16)26-21(28)15-27(31(29,30)20-11-3-2-4-12-20)19-10-6-8-17(14-19)22(23,24)25/h2-14H,15H2,1H3,(H,26,28). The maximum atomic E-state index is 13.2. The molecule has 0 fully saturated rings. The van der Waals surface area contributed by atoms with Gasteiger partial charge in [-0.3, -0.25) is 9.10 Å². The molecule has 31 heavy (non-hydrogen) atoms. The molecule has 0 aliphatic carbocycles. The SMILES string of the molecule is Cc1cccc(NC(=O)CN(c2cccc(C(F)(F)F)c2)S(=O)(=O)c2ccccc2)c1. The Bertz CT molecular complexity index is 1180. The van der Waals surface area contributed by atoms with Gasteiger partial charge in [0.1, 0.15) is 6.54 Å². The van der Waals surface area contributed by atoms with Crippen molar-refractivity contribution in [2.75, 3.05) is 16.2 Å². The molecule has 1 amide bonds. The summed E-state index contributed by atoms with van der Waals surface area (Å²) in [6.45, 7) is 1.12.